The van der Waals surface area contributed by atoms with Crippen molar-refractivity contribution in [3.05, 3.63) is 25.3 Å². The highest BCUT2D eigenvalue weighted by atomic mass is 15.0. The minimum Gasteiger partial charge on any atom is -0.311 e. The normalized spacial score (nSPS) is 45.6. The molecule has 3 unspecified atom stereocenters. The van der Waals surface area contributed by atoms with Crippen LogP contribution in [0.3, 0.4) is 0 Å². The predicted molar refractivity (Wildman–Crippen MR) is 58.6 cm³/mol. The Bertz CT molecular complexity index is 177. The molecule has 74 valence electrons. The van der Waals surface area contributed by atoms with Gasteiger partial charge in [0.2, 0.25) is 0 Å². The summed E-state index contributed by atoms with van der Waals surface area (Å²) < 4.78 is 0. The Kier molecular flexibility index (Phi) is 3.32. The van der Waals surface area contributed by atoms with Gasteiger partial charge in [0.15, 0.2) is 0 Å². The molecule has 0 aromatic heterocycles. The summed E-state index contributed by atoms with van der Waals surface area (Å²) in [5.74, 6) is 1.79. The van der Waals surface area contributed by atoms with Crippen LogP contribution in [0.1, 0.15) is 20.8 Å². The average Bonchev–Trinajstić information content (AvgIpc) is 2.04. The van der Waals surface area contributed by atoms with Crippen LogP contribution in [0.4, 0.5) is 0 Å². The molecule has 0 aromatic rings. The standard InChI is InChI=1S/C12H21N/c1-6-11-8(3)12(7-2)10(5)13-9(11)4/h6-13H,1-2H2,3-5H3/t8?,9?,10?,11-,12+. The third-order valence-corrected chi connectivity index (χ3v) is 3.44. The lowest BCUT2D eigenvalue weighted by atomic mass is 9.73. The molecule has 1 heteroatoms. The van der Waals surface area contributed by atoms with Gasteiger partial charge in [-0.05, 0) is 31.6 Å². The zero-order valence-corrected chi connectivity index (χ0v) is 8.96. The third kappa shape index (κ3) is 1.86. The molecule has 5 atom stereocenters. The zero-order chi connectivity index (χ0) is 10.0. The van der Waals surface area contributed by atoms with Crippen LogP contribution in [-0.4, -0.2) is 12.1 Å². The molecule has 1 saturated heterocycles. The maximum absolute atomic E-state index is 3.90. The van der Waals surface area contributed by atoms with Gasteiger partial charge < -0.3 is 5.32 Å². The molecule has 1 N–H and O–H groups in total. The van der Waals surface area contributed by atoms with E-state index < -0.39 is 0 Å². The van der Waals surface area contributed by atoms with Crippen molar-refractivity contribution in [2.45, 2.75) is 32.9 Å². The largest absolute Gasteiger partial charge is 0.311 e. The SMILES string of the molecule is C=C[C@@H]1C(C)NC(C)[C@H](C=C)C1C. The maximum Gasteiger partial charge on any atom is 0.0107 e. The lowest BCUT2D eigenvalue weighted by Gasteiger charge is -2.42. The summed E-state index contributed by atoms with van der Waals surface area (Å²) in [5, 5.41) is 3.57. The molecule has 1 fully saturated rings. The van der Waals surface area contributed by atoms with Crippen LogP contribution in [-0.2, 0) is 0 Å². The van der Waals surface area contributed by atoms with Crippen LogP contribution in [0.25, 0.3) is 0 Å². The Morgan fingerprint density at radius 1 is 0.923 bits per heavy atom. The predicted octanol–water partition coefficient (Wildman–Crippen LogP) is 2.61. The molecule has 13 heavy (non-hydrogen) atoms. The first-order valence-electron chi connectivity index (χ1n) is 5.13. The summed E-state index contributed by atoms with van der Waals surface area (Å²) >= 11 is 0. The van der Waals surface area contributed by atoms with Gasteiger partial charge in [0.25, 0.3) is 0 Å². The van der Waals surface area contributed by atoms with Gasteiger partial charge in [0.05, 0.1) is 0 Å². The Hall–Kier alpha value is -0.560. The van der Waals surface area contributed by atoms with Gasteiger partial charge in [-0.2, -0.15) is 0 Å². The third-order valence-electron chi connectivity index (χ3n) is 3.44. The minimum atomic E-state index is 0.540. The highest BCUT2D eigenvalue weighted by Gasteiger charge is 2.34. The van der Waals surface area contributed by atoms with Gasteiger partial charge in [-0.1, -0.05) is 19.1 Å². The van der Waals surface area contributed by atoms with E-state index in [-0.39, 0.29) is 0 Å². The Morgan fingerprint density at radius 2 is 1.31 bits per heavy atom. The van der Waals surface area contributed by atoms with Gasteiger partial charge >= 0.3 is 0 Å². The van der Waals surface area contributed by atoms with E-state index in [0.29, 0.717) is 29.8 Å². The molecule has 0 radical (unpaired) electrons. The second-order valence-corrected chi connectivity index (χ2v) is 4.23. The van der Waals surface area contributed by atoms with E-state index in [1.807, 2.05) is 0 Å². The van der Waals surface area contributed by atoms with Crippen LogP contribution >= 0.6 is 0 Å². The molecule has 1 rings (SSSR count). The molecule has 1 aliphatic rings. The summed E-state index contributed by atoms with van der Waals surface area (Å²) in [6, 6.07) is 1.08. The fraction of sp³-hybridized carbons (Fsp3) is 0.667. The molecule has 0 spiro atoms. The first kappa shape index (κ1) is 10.5. The monoisotopic (exact) mass is 179 g/mol. The number of hydrogen-bond donors (Lipinski definition) is 1. The molecule has 1 aliphatic heterocycles. The molecular formula is C12H21N. The number of piperidine rings is 1. The first-order valence-corrected chi connectivity index (χ1v) is 5.13. The van der Waals surface area contributed by atoms with Crippen LogP contribution in [0.15, 0.2) is 25.3 Å². The number of hydrogen-bond acceptors (Lipinski definition) is 1. The highest BCUT2D eigenvalue weighted by molar-refractivity contribution is 5.03. The Morgan fingerprint density at radius 3 is 1.62 bits per heavy atom. The van der Waals surface area contributed by atoms with E-state index in [1.165, 1.54) is 0 Å². The molecule has 0 bridgehead atoms. The minimum absolute atomic E-state index is 0.540. The van der Waals surface area contributed by atoms with Crippen LogP contribution < -0.4 is 5.32 Å². The van der Waals surface area contributed by atoms with E-state index in [4.69, 9.17) is 0 Å². The topological polar surface area (TPSA) is 12.0 Å². The lowest BCUT2D eigenvalue weighted by molar-refractivity contribution is 0.164. The molecule has 0 saturated carbocycles. The van der Waals surface area contributed by atoms with Crippen molar-refractivity contribution in [1.29, 1.82) is 0 Å². The molecule has 0 aromatic carbocycles. The van der Waals surface area contributed by atoms with Crippen molar-refractivity contribution >= 4 is 0 Å². The van der Waals surface area contributed by atoms with E-state index in [9.17, 15) is 0 Å². The van der Waals surface area contributed by atoms with E-state index in [2.05, 4.69) is 51.4 Å². The van der Waals surface area contributed by atoms with Crippen LogP contribution in [0.2, 0.25) is 0 Å². The fourth-order valence-corrected chi connectivity index (χ4v) is 2.64. The fourth-order valence-electron chi connectivity index (χ4n) is 2.64. The summed E-state index contributed by atoms with van der Waals surface area (Å²) in [6.45, 7) is 14.6. The van der Waals surface area contributed by atoms with Gasteiger partial charge in [-0.3, -0.25) is 0 Å². The quantitative estimate of drug-likeness (QED) is 0.642. The smallest absolute Gasteiger partial charge is 0.0107 e. The second-order valence-electron chi connectivity index (χ2n) is 4.23. The zero-order valence-electron chi connectivity index (χ0n) is 8.96. The Balaban J connectivity index is 2.80. The molecule has 1 nitrogen and oxygen atoms in total. The number of nitrogens with one attached hydrogen (secondary N) is 1. The summed E-state index contributed by atoms with van der Waals surface area (Å²) in [7, 11) is 0. The lowest BCUT2D eigenvalue weighted by Crippen LogP contribution is -2.52. The maximum atomic E-state index is 3.90. The highest BCUT2D eigenvalue weighted by Crippen LogP contribution is 2.32. The summed E-state index contributed by atoms with van der Waals surface area (Å²) in [4.78, 5) is 0. The van der Waals surface area contributed by atoms with Gasteiger partial charge in [-0.15, -0.1) is 13.2 Å². The van der Waals surface area contributed by atoms with Crippen molar-refractivity contribution < 1.29 is 0 Å². The van der Waals surface area contributed by atoms with Gasteiger partial charge in [0, 0.05) is 12.1 Å². The van der Waals surface area contributed by atoms with Crippen molar-refractivity contribution in [2.24, 2.45) is 17.8 Å². The molecule has 0 aliphatic carbocycles. The second kappa shape index (κ2) is 4.10. The Labute approximate surface area is 81.9 Å². The van der Waals surface area contributed by atoms with Crippen molar-refractivity contribution in [3.8, 4) is 0 Å². The average molecular weight is 179 g/mol. The van der Waals surface area contributed by atoms with Crippen LogP contribution in [0, 0.1) is 17.8 Å². The van der Waals surface area contributed by atoms with Gasteiger partial charge in [0.1, 0.15) is 0 Å². The molecule has 1 heterocycles. The molecular weight excluding hydrogens is 158 g/mol. The van der Waals surface area contributed by atoms with E-state index in [1.54, 1.807) is 0 Å². The van der Waals surface area contributed by atoms with Gasteiger partial charge in [-0.25, -0.2) is 0 Å². The van der Waals surface area contributed by atoms with Crippen molar-refractivity contribution in [3.63, 3.8) is 0 Å². The van der Waals surface area contributed by atoms with E-state index >= 15 is 0 Å². The van der Waals surface area contributed by atoms with Crippen molar-refractivity contribution in [2.75, 3.05) is 0 Å². The van der Waals surface area contributed by atoms with Crippen molar-refractivity contribution in [1.82, 2.24) is 5.32 Å². The molecule has 0 amide bonds. The number of rotatable bonds is 2. The first-order chi connectivity index (χ1) is 6.11. The summed E-state index contributed by atoms with van der Waals surface area (Å²) in [6.07, 6.45) is 4.15. The van der Waals surface area contributed by atoms with Crippen LogP contribution in [0.5, 0.6) is 0 Å². The van der Waals surface area contributed by atoms with E-state index in [0.717, 1.165) is 0 Å². The summed E-state index contributed by atoms with van der Waals surface area (Å²) in [5.41, 5.74) is 0.